The Morgan fingerprint density at radius 3 is 1.94 bits per heavy atom. The number of nitriles is 1. The fourth-order valence-corrected chi connectivity index (χ4v) is 8.51. The average Bonchev–Trinajstić information content (AvgIpc) is 3.55. The summed E-state index contributed by atoms with van der Waals surface area (Å²) in [4.78, 5) is 0. The van der Waals surface area contributed by atoms with E-state index >= 15 is 0 Å². The maximum atomic E-state index is 9.30. The Bertz CT molecular complexity index is 1640. The molecule has 1 aliphatic rings. The molecule has 0 saturated carbocycles. The molecule has 9 heteroatoms. The number of hydrogen-bond acceptors (Lipinski definition) is 8. The van der Waals surface area contributed by atoms with Gasteiger partial charge >= 0.3 is 0 Å². The van der Waals surface area contributed by atoms with Crippen molar-refractivity contribution in [2.24, 2.45) is 0 Å². The molecule has 0 radical (unpaired) electrons. The highest BCUT2D eigenvalue weighted by Gasteiger charge is 2.44. The van der Waals surface area contributed by atoms with Crippen molar-refractivity contribution in [3.05, 3.63) is 131 Å². The predicted octanol–water partition coefficient (Wildman–Crippen LogP) is 9.51. The molecule has 0 bridgehead atoms. The van der Waals surface area contributed by atoms with Crippen molar-refractivity contribution >= 4 is 8.53 Å². The average molecular weight is 711 g/mol. The Balaban J connectivity index is 1.57. The SMILES string of the molecule is COc1ccc(C(OC[C@H]2O[C@@H](c3cccc(C)c3)C[C@@H]2OP(OCCC#N)N(C(C)C)C(C)C)(c2ccccc2)c2ccc(OC)cc2)cc1. The summed E-state index contributed by atoms with van der Waals surface area (Å²) in [5.74, 6) is 1.52. The Morgan fingerprint density at radius 2 is 1.41 bits per heavy atom. The standard InChI is InChI=1S/C42H51N2O6P/c1-30(2)44(31(3)4)51(48-26-12-25-43)50-40-28-39(33-14-11-13-32(5)27-33)49-41(40)29-47-42(34-15-9-8-10-16-34,35-17-21-37(45-6)22-18-35)36-19-23-38(46-7)24-20-36/h8-11,13-24,27,30-31,39-41H,12,26,28-29H2,1-7H3/t39-,40+,41-,51?/m1/s1. The minimum absolute atomic E-state index is 0.165. The summed E-state index contributed by atoms with van der Waals surface area (Å²) in [6.45, 7) is 11.2. The van der Waals surface area contributed by atoms with Gasteiger partial charge in [-0.2, -0.15) is 5.26 Å². The number of nitrogens with zero attached hydrogens (tertiary/aromatic N) is 2. The maximum absolute atomic E-state index is 9.30. The third kappa shape index (κ3) is 9.17. The summed E-state index contributed by atoms with van der Waals surface area (Å²) >= 11 is 0. The Morgan fingerprint density at radius 1 is 0.824 bits per heavy atom. The quantitative estimate of drug-likeness (QED) is 0.0609. The molecule has 4 aromatic rings. The molecular weight excluding hydrogens is 659 g/mol. The van der Waals surface area contributed by atoms with Crippen LogP contribution in [0.4, 0.5) is 0 Å². The van der Waals surface area contributed by atoms with Crippen molar-refractivity contribution in [2.45, 2.75) is 83.5 Å². The van der Waals surface area contributed by atoms with E-state index in [4.69, 9.17) is 28.0 Å². The van der Waals surface area contributed by atoms with Crippen LogP contribution in [-0.4, -0.2) is 56.4 Å². The lowest BCUT2D eigenvalue weighted by molar-refractivity contribution is -0.0806. The first kappa shape index (κ1) is 38.4. The van der Waals surface area contributed by atoms with Gasteiger partial charge in [0.2, 0.25) is 0 Å². The Hall–Kier alpha value is -3.80. The van der Waals surface area contributed by atoms with Crippen molar-refractivity contribution in [2.75, 3.05) is 27.4 Å². The maximum Gasteiger partial charge on any atom is 0.259 e. The van der Waals surface area contributed by atoms with E-state index in [2.05, 4.69) is 106 Å². The highest BCUT2D eigenvalue weighted by Crippen LogP contribution is 2.51. The van der Waals surface area contributed by atoms with Gasteiger partial charge < -0.3 is 28.0 Å². The molecule has 0 N–H and O–H groups in total. The molecule has 4 aromatic carbocycles. The van der Waals surface area contributed by atoms with E-state index in [9.17, 15) is 5.26 Å². The van der Waals surface area contributed by atoms with E-state index < -0.39 is 20.2 Å². The first-order chi connectivity index (χ1) is 24.7. The van der Waals surface area contributed by atoms with Crippen molar-refractivity contribution in [3.8, 4) is 17.6 Å². The summed E-state index contributed by atoms with van der Waals surface area (Å²) in [6.07, 6.45) is -0.0515. The van der Waals surface area contributed by atoms with Crippen molar-refractivity contribution in [1.82, 2.24) is 4.67 Å². The van der Waals surface area contributed by atoms with E-state index in [1.54, 1.807) is 14.2 Å². The van der Waals surface area contributed by atoms with Gasteiger partial charge in [-0.15, -0.1) is 0 Å². The largest absolute Gasteiger partial charge is 0.497 e. The van der Waals surface area contributed by atoms with E-state index in [1.165, 1.54) is 5.56 Å². The highest BCUT2D eigenvalue weighted by atomic mass is 31.2. The number of ether oxygens (including phenoxy) is 4. The fourth-order valence-electron chi connectivity index (χ4n) is 6.75. The zero-order chi connectivity index (χ0) is 36.4. The number of aryl methyl sites for hydroxylation is 1. The van der Waals surface area contributed by atoms with Crippen LogP contribution in [0.1, 0.15) is 74.5 Å². The van der Waals surface area contributed by atoms with E-state index in [-0.39, 0.29) is 37.3 Å². The summed E-state index contributed by atoms with van der Waals surface area (Å²) in [5, 5.41) is 9.30. The minimum atomic E-state index is -1.51. The van der Waals surface area contributed by atoms with Crippen LogP contribution in [0.2, 0.25) is 0 Å². The second kappa shape index (κ2) is 18.1. The lowest BCUT2D eigenvalue weighted by Crippen LogP contribution is -2.39. The number of methoxy groups -OCH3 is 2. The van der Waals surface area contributed by atoms with Gasteiger partial charge in [0.1, 0.15) is 23.2 Å². The number of benzene rings is 4. The molecular formula is C42H51N2O6P. The molecule has 1 heterocycles. The zero-order valence-corrected chi connectivity index (χ0v) is 31.7. The molecule has 4 atom stereocenters. The van der Waals surface area contributed by atoms with Gasteiger partial charge in [-0.25, -0.2) is 4.67 Å². The fraction of sp³-hybridized carbons (Fsp3) is 0.405. The van der Waals surface area contributed by atoms with Crippen LogP contribution in [0.25, 0.3) is 0 Å². The van der Waals surface area contributed by atoms with Crippen LogP contribution in [0.15, 0.2) is 103 Å². The monoisotopic (exact) mass is 710 g/mol. The third-order valence-corrected chi connectivity index (χ3v) is 11.3. The zero-order valence-electron chi connectivity index (χ0n) is 30.8. The lowest BCUT2D eigenvalue weighted by atomic mass is 9.80. The van der Waals surface area contributed by atoms with Gasteiger partial charge in [0.05, 0.1) is 52.1 Å². The molecule has 270 valence electrons. The van der Waals surface area contributed by atoms with Crippen LogP contribution < -0.4 is 9.47 Å². The third-order valence-electron chi connectivity index (χ3n) is 9.14. The molecule has 51 heavy (non-hydrogen) atoms. The molecule has 8 nitrogen and oxygen atoms in total. The molecule has 1 saturated heterocycles. The minimum Gasteiger partial charge on any atom is -0.497 e. The highest BCUT2D eigenvalue weighted by molar-refractivity contribution is 7.44. The number of rotatable bonds is 17. The molecule has 1 aliphatic heterocycles. The molecule has 0 aromatic heterocycles. The Kier molecular flexibility index (Phi) is 13.6. The van der Waals surface area contributed by atoms with Crippen molar-refractivity contribution in [1.29, 1.82) is 5.26 Å². The van der Waals surface area contributed by atoms with Crippen LogP contribution >= 0.6 is 8.53 Å². The van der Waals surface area contributed by atoms with Gasteiger partial charge in [0, 0.05) is 18.5 Å². The van der Waals surface area contributed by atoms with Gasteiger partial charge in [-0.05, 0) is 81.1 Å². The molecule has 1 unspecified atom stereocenters. The van der Waals surface area contributed by atoms with Crippen molar-refractivity contribution < 1.29 is 28.0 Å². The van der Waals surface area contributed by atoms with Crippen LogP contribution in [0.3, 0.4) is 0 Å². The van der Waals surface area contributed by atoms with Crippen molar-refractivity contribution in [3.63, 3.8) is 0 Å². The first-order valence-corrected chi connectivity index (χ1v) is 18.8. The van der Waals surface area contributed by atoms with E-state index in [0.29, 0.717) is 13.0 Å². The van der Waals surface area contributed by atoms with Crippen LogP contribution in [-0.2, 0) is 24.1 Å². The molecule has 0 aliphatic carbocycles. The summed E-state index contributed by atoms with van der Waals surface area (Å²) in [6, 6.07) is 37.3. The van der Waals surface area contributed by atoms with E-state index in [0.717, 1.165) is 33.8 Å². The Labute approximate surface area is 305 Å². The van der Waals surface area contributed by atoms with E-state index in [1.807, 2.05) is 42.5 Å². The van der Waals surface area contributed by atoms with Gasteiger partial charge in [-0.3, -0.25) is 0 Å². The molecule has 1 fully saturated rings. The molecule has 0 spiro atoms. The van der Waals surface area contributed by atoms with Crippen LogP contribution in [0.5, 0.6) is 11.5 Å². The first-order valence-electron chi connectivity index (χ1n) is 17.7. The normalized spacial score (nSPS) is 18.3. The molecule has 5 rings (SSSR count). The topological polar surface area (TPSA) is 82.4 Å². The predicted molar refractivity (Wildman–Crippen MR) is 202 cm³/mol. The van der Waals surface area contributed by atoms with Crippen LogP contribution in [0, 0.1) is 18.3 Å². The molecule has 0 amide bonds. The second-order valence-corrected chi connectivity index (χ2v) is 14.7. The smallest absolute Gasteiger partial charge is 0.259 e. The summed E-state index contributed by atoms with van der Waals surface area (Å²) in [5.41, 5.74) is 4.12. The van der Waals surface area contributed by atoms with Gasteiger partial charge in [0.15, 0.2) is 0 Å². The number of hydrogen-bond donors (Lipinski definition) is 0. The summed E-state index contributed by atoms with van der Waals surface area (Å²) < 4.78 is 40.9. The summed E-state index contributed by atoms with van der Waals surface area (Å²) in [7, 11) is 1.82. The van der Waals surface area contributed by atoms with Gasteiger partial charge in [-0.1, -0.05) is 84.4 Å². The van der Waals surface area contributed by atoms with Gasteiger partial charge in [0.25, 0.3) is 8.53 Å². The lowest BCUT2D eigenvalue weighted by Gasteiger charge is -2.39. The second-order valence-electron chi connectivity index (χ2n) is 13.3.